The minimum Gasteiger partial charge on any atom is -0.361 e. The number of hydrogen-bond acceptors (Lipinski definition) is 2. The molecule has 8 heavy (non-hydrogen) atoms. The topological polar surface area (TPSA) is 9.23 Å². The van der Waals surface area contributed by atoms with E-state index in [1.54, 1.807) is 0 Å². The molecule has 0 aromatic rings. The second kappa shape index (κ2) is 2.11. The van der Waals surface area contributed by atoms with Crippen molar-refractivity contribution in [2.45, 2.75) is 18.3 Å². The van der Waals surface area contributed by atoms with Gasteiger partial charge in [0.25, 0.3) is 0 Å². The van der Waals surface area contributed by atoms with Crippen LogP contribution in [0, 0.1) is 0 Å². The van der Waals surface area contributed by atoms with Crippen LogP contribution in [0.3, 0.4) is 0 Å². The molecule has 0 spiro atoms. The Morgan fingerprint density at radius 1 is 1.62 bits per heavy atom. The molecule has 0 amide bonds. The highest BCUT2D eigenvalue weighted by molar-refractivity contribution is 7.81. The van der Waals surface area contributed by atoms with E-state index in [1.165, 1.54) is 0 Å². The van der Waals surface area contributed by atoms with E-state index in [9.17, 15) is 0 Å². The summed E-state index contributed by atoms with van der Waals surface area (Å²) in [5, 5.41) is 0. The van der Waals surface area contributed by atoms with Crippen molar-refractivity contribution >= 4 is 12.6 Å². The Kier molecular flexibility index (Phi) is 1.63. The van der Waals surface area contributed by atoms with Crippen LogP contribution in [-0.2, 0) is 4.74 Å². The molecule has 1 rings (SSSR count). The molecular weight excluding hydrogens is 120 g/mol. The van der Waals surface area contributed by atoms with Gasteiger partial charge in [0, 0.05) is 6.42 Å². The second-order valence-corrected chi connectivity index (χ2v) is 3.11. The quantitative estimate of drug-likeness (QED) is 0.387. The van der Waals surface area contributed by atoms with Crippen LogP contribution in [0.15, 0.2) is 12.2 Å². The van der Waals surface area contributed by atoms with Gasteiger partial charge in [0.1, 0.15) is 4.93 Å². The molecule has 0 aliphatic carbocycles. The maximum absolute atomic E-state index is 5.24. The van der Waals surface area contributed by atoms with Crippen molar-refractivity contribution in [3.05, 3.63) is 12.2 Å². The Hall–Kier alpha value is 0.0500. The van der Waals surface area contributed by atoms with Crippen LogP contribution in [0.2, 0.25) is 0 Å². The summed E-state index contributed by atoms with van der Waals surface area (Å²) in [7, 11) is 0. The van der Waals surface area contributed by atoms with Gasteiger partial charge < -0.3 is 4.74 Å². The molecule has 0 saturated carbocycles. The van der Waals surface area contributed by atoms with E-state index in [2.05, 4.69) is 18.7 Å². The fraction of sp³-hybridized carbons (Fsp3) is 0.667. The predicted octanol–water partition coefficient (Wildman–Crippen LogP) is 1.61. The molecule has 1 heterocycles. The number of hydrogen-bond donors (Lipinski definition) is 1. The van der Waals surface area contributed by atoms with Crippen LogP contribution in [0.5, 0.6) is 0 Å². The standard InChI is InChI=1S/C6H10OS/c1-6(8)4-2-3-5-7-6/h2-3,8H,4-5H2,1H3. The monoisotopic (exact) mass is 130 g/mol. The minimum atomic E-state index is -0.214. The molecule has 1 aliphatic heterocycles. The van der Waals surface area contributed by atoms with Gasteiger partial charge in [0.15, 0.2) is 0 Å². The SMILES string of the molecule is CC1(S)CC=CCO1. The van der Waals surface area contributed by atoms with Crippen LogP contribution in [0.25, 0.3) is 0 Å². The van der Waals surface area contributed by atoms with E-state index >= 15 is 0 Å². The summed E-state index contributed by atoms with van der Waals surface area (Å²) in [6.07, 6.45) is 5.02. The van der Waals surface area contributed by atoms with Crippen LogP contribution in [0.4, 0.5) is 0 Å². The van der Waals surface area contributed by atoms with Gasteiger partial charge in [-0.1, -0.05) is 12.2 Å². The van der Waals surface area contributed by atoms with Crippen molar-refractivity contribution in [3.63, 3.8) is 0 Å². The first-order valence-electron chi connectivity index (χ1n) is 2.72. The summed E-state index contributed by atoms with van der Waals surface area (Å²) < 4.78 is 5.24. The lowest BCUT2D eigenvalue weighted by atomic mass is 10.2. The van der Waals surface area contributed by atoms with Gasteiger partial charge >= 0.3 is 0 Å². The fourth-order valence-corrected chi connectivity index (χ4v) is 0.837. The normalized spacial score (nSPS) is 37.8. The average Bonchev–Trinajstić information content (AvgIpc) is 1.65. The molecule has 2 heteroatoms. The van der Waals surface area contributed by atoms with Crippen molar-refractivity contribution in [2.75, 3.05) is 6.61 Å². The summed E-state index contributed by atoms with van der Waals surface area (Å²) in [6.45, 7) is 2.68. The Balaban J connectivity index is 2.50. The zero-order valence-corrected chi connectivity index (χ0v) is 5.82. The van der Waals surface area contributed by atoms with Crippen LogP contribution >= 0.6 is 12.6 Å². The first-order chi connectivity index (χ1) is 3.71. The largest absolute Gasteiger partial charge is 0.361 e. The summed E-state index contributed by atoms with van der Waals surface area (Å²) in [5.74, 6) is 0. The van der Waals surface area contributed by atoms with E-state index in [-0.39, 0.29) is 4.93 Å². The lowest BCUT2D eigenvalue weighted by molar-refractivity contribution is 0.0551. The van der Waals surface area contributed by atoms with Crippen molar-refractivity contribution in [1.29, 1.82) is 0 Å². The number of thiol groups is 1. The molecule has 46 valence electrons. The Morgan fingerprint density at radius 3 is 2.62 bits per heavy atom. The third kappa shape index (κ3) is 1.53. The van der Waals surface area contributed by atoms with Gasteiger partial charge in [-0.15, -0.1) is 12.6 Å². The van der Waals surface area contributed by atoms with E-state index in [0.717, 1.165) is 6.42 Å². The molecule has 0 fully saturated rings. The number of ether oxygens (including phenoxy) is 1. The first-order valence-corrected chi connectivity index (χ1v) is 3.17. The summed E-state index contributed by atoms with van der Waals surface area (Å²) >= 11 is 4.24. The van der Waals surface area contributed by atoms with Crippen molar-refractivity contribution < 1.29 is 4.74 Å². The van der Waals surface area contributed by atoms with Gasteiger partial charge in [0.2, 0.25) is 0 Å². The summed E-state index contributed by atoms with van der Waals surface area (Å²) in [6, 6.07) is 0. The highest BCUT2D eigenvalue weighted by Crippen LogP contribution is 2.23. The van der Waals surface area contributed by atoms with Crippen molar-refractivity contribution in [1.82, 2.24) is 0 Å². The molecule has 0 aromatic heterocycles. The van der Waals surface area contributed by atoms with Crippen LogP contribution in [-0.4, -0.2) is 11.5 Å². The molecule has 1 unspecified atom stereocenters. The van der Waals surface area contributed by atoms with E-state index in [0.29, 0.717) is 6.61 Å². The molecule has 0 saturated heterocycles. The van der Waals surface area contributed by atoms with Gasteiger partial charge in [-0.2, -0.15) is 0 Å². The van der Waals surface area contributed by atoms with Gasteiger partial charge in [0.05, 0.1) is 6.61 Å². The molecule has 0 bridgehead atoms. The zero-order valence-electron chi connectivity index (χ0n) is 4.92. The van der Waals surface area contributed by atoms with Gasteiger partial charge in [-0.3, -0.25) is 0 Å². The van der Waals surface area contributed by atoms with E-state index in [1.807, 2.05) is 13.0 Å². The van der Waals surface area contributed by atoms with Gasteiger partial charge in [-0.25, -0.2) is 0 Å². The first kappa shape index (κ1) is 6.17. The maximum atomic E-state index is 5.24. The highest BCUT2D eigenvalue weighted by atomic mass is 32.1. The molecule has 1 aliphatic rings. The highest BCUT2D eigenvalue weighted by Gasteiger charge is 2.18. The minimum absolute atomic E-state index is 0.214. The summed E-state index contributed by atoms with van der Waals surface area (Å²) in [5.41, 5.74) is 0. The van der Waals surface area contributed by atoms with E-state index < -0.39 is 0 Å². The van der Waals surface area contributed by atoms with Crippen LogP contribution in [0.1, 0.15) is 13.3 Å². The molecule has 0 radical (unpaired) electrons. The molecule has 0 N–H and O–H groups in total. The van der Waals surface area contributed by atoms with Gasteiger partial charge in [-0.05, 0) is 6.92 Å². The second-order valence-electron chi connectivity index (χ2n) is 2.16. The predicted molar refractivity (Wildman–Crippen MR) is 37.1 cm³/mol. The average molecular weight is 130 g/mol. The molecule has 1 nitrogen and oxygen atoms in total. The van der Waals surface area contributed by atoms with Crippen molar-refractivity contribution in [2.24, 2.45) is 0 Å². The zero-order chi connectivity index (χ0) is 6.04. The molecular formula is C6H10OS. The number of rotatable bonds is 0. The molecule has 0 aromatic carbocycles. The summed E-state index contributed by atoms with van der Waals surface area (Å²) in [4.78, 5) is -0.214. The Labute approximate surface area is 55.1 Å². The Bertz CT molecular complexity index is 107. The smallest absolute Gasteiger partial charge is 0.111 e. The lowest BCUT2D eigenvalue weighted by Gasteiger charge is -2.24. The van der Waals surface area contributed by atoms with E-state index in [4.69, 9.17) is 4.74 Å². The Morgan fingerprint density at radius 2 is 2.38 bits per heavy atom. The van der Waals surface area contributed by atoms with Crippen molar-refractivity contribution in [3.8, 4) is 0 Å². The molecule has 1 atom stereocenters. The fourth-order valence-electron chi connectivity index (χ4n) is 0.657. The third-order valence-electron chi connectivity index (χ3n) is 1.15. The lowest BCUT2D eigenvalue weighted by Crippen LogP contribution is -2.22. The van der Waals surface area contributed by atoms with Crippen LogP contribution < -0.4 is 0 Å². The maximum Gasteiger partial charge on any atom is 0.111 e. The third-order valence-corrected chi connectivity index (χ3v) is 1.47.